The van der Waals surface area contributed by atoms with Crippen molar-refractivity contribution in [2.75, 3.05) is 0 Å². The third kappa shape index (κ3) is 2.13. The second-order valence-electron chi connectivity index (χ2n) is 3.40. The van der Waals surface area contributed by atoms with Crippen molar-refractivity contribution < 1.29 is 4.39 Å². The second-order valence-corrected chi connectivity index (χ2v) is 3.40. The molecule has 0 saturated heterocycles. The van der Waals surface area contributed by atoms with E-state index in [1.165, 1.54) is 12.1 Å². The molecule has 1 heterocycles. The van der Waals surface area contributed by atoms with Crippen LogP contribution in [-0.2, 0) is 0 Å². The summed E-state index contributed by atoms with van der Waals surface area (Å²) in [5, 5.41) is 12.0. The van der Waals surface area contributed by atoms with Gasteiger partial charge in [-0.05, 0) is 31.5 Å². The highest BCUT2D eigenvalue weighted by molar-refractivity contribution is 5.79. The minimum absolute atomic E-state index is 0.256. The first kappa shape index (κ1) is 10.5. The third-order valence-corrected chi connectivity index (χ3v) is 2.14. The summed E-state index contributed by atoms with van der Waals surface area (Å²) in [6.45, 7) is 3.64. The molecule has 0 aliphatic carbocycles. The van der Waals surface area contributed by atoms with Crippen molar-refractivity contribution in [3.8, 4) is 0 Å². The fraction of sp³-hybridized carbons (Fsp3) is 0.182. The van der Waals surface area contributed by atoms with Gasteiger partial charge in [0.2, 0.25) is 0 Å². The van der Waals surface area contributed by atoms with Gasteiger partial charge >= 0.3 is 0 Å². The van der Waals surface area contributed by atoms with Crippen molar-refractivity contribution in [3.05, 3.63) is 47.3 Å². The molecule has 0 unspecified atom stereocenters. The molecule has 4 nitrogen and oxygen atoms in total. The topological polar surface area (TPSA) is 43.1 Å². The molecule has 0 atom stereocenters. The first-order valence-corrected chi connectivity index (χ1v) is 4.85. The van der Waals surface area contributed by atoms with Crippen molar-refractivity contribution in [2.24, 2.45) is 5.10 Å². The normalized spacial score (nSPS) is 11.2. The van der Waals surface area contributed by atoms with E-state index < -0.39 is 0 Å². The average Bonchev–Trinajstić information content (AvgIpc) is 2.59. The summed E-state index contributed by atoms with van der Waals surface area (Å²) in [5.74, 6) is 1.18. The van der Waals surface area contributed by atoms with Crippen LogP contribution in [-0.4, -0.2) is 21.1 Å². The SMILES string of the molecule is Cc1nnc(C)n1/N=C\c1ccc(F)cc1. The lowest BCUT2D eigenvalue weighted by Gasteiger charge is -1.97. The number of rotatable bonds is 2. The van der Waals surface area contributed by atoms with Crippen LogP contribution in [0, 0.1) is 19.7 Å². The zero-order valence-corrected chi connectivity index (χ0v) is 9.05. The number of aromatic nitrogens is 3. The van der Waals surface area contributed by atoms with Crippen LogP contribution in [0.1, 0.15) is 17.2 Å². The number of hydrogen-bond acceptors (Lipinski definition) is 3. The van der Waals surface area contributed by atoms with Gasteiger partial charge in [-0.2, -0.15) is 5.10 Å². The van der Waals surface area contributed by atoms with E-state index in [9.17, 15) is 4.39 Å². The predicted octanol–water partition coefficient (Wildman–Crippen LogP) is 1.92. The van der Waals surface area contributed by atoms with Gasteiger partial charge in [-0.15, -0.1) is 10.2 Å². The maximum Gasteiger partial charge on any atom is 0.151 e. The fourth-order valence-electron chi connectivity index (χ4n) is 1.30. The summed E-state index contributed by atoms with van der Waals surface area (Å²) in [7, 11) is 0. The Kier molecular flexibility index (Phi) is 2.76. The summed E-state index contributed by atoms with van der Waals surface area (Å²) in [6, 6.07) is 6.11. The van der Waals surface area contributed by atoms with Crippen LogP contribution in [0.15, 0.2) is 29.4 Å². The molecule has 0 N–H and O–H groups in total. The van der Waals surface area contributed by atoms with Crippen molar-refractivity contribution >= 4 is 6.21 Å². The lowest BCUT2D eigenvalue weighted by atomic mass is 10.2. The molecule has 0 aliphatic heterocycles. The predicted molar refractivity (Wildman–Crippen MR) is 58.9 cm³/mol. The van der Waals surface area contributed by atoms with E-state index >= 15 is 0 Å². The van der Waals surface area contributed by atoms with Gasteiger partial charge < -0.3 is 0 Å². The lowest BCUT2D eigenvalue weighted by molar-refractivity contribution is 0.628. The van der Waals surface area contributed by atoms with E-state index in [1.54, 1.807) is 23.0 Å². The molecule has 1 aromatic heterocycles. The summed E-state index contributed by atoms with van der Waals surface area (Å²) in [4.78, 5) is 0. The van der Waals surface area contributed by atoms with Crippen LogP contribution in [0.25, 0.3) is 0 Å². The number of nitrogens with zero attached hydrogens (tertiary/aromatic N) is 4. The molecule has 5 heteroatoms. The van der Waals surface area contributed by atoms with Crippen LogP contribution in [0.4, 0.5) is 4.39 Å². The van der Waals surface area contributed by atoms with Crippen molar-refractivity contribution in [3.63, 3.8) is 0 Å². The lowest BCUT2D eigenvalue weighted by Crippen LogP contribution is -1.96. The van der Waals surface area contributed by atoms with Crippen LogP contribution in [0.5, 0.6) is 0 Å². The van der Waals surface area contributed by atoms with E-state index in [0.717, 1.165) is 17.2 Å². The fourth-order valence-corrected chi connectivity index (χ4v) is 1.30. The molecule has 2 rings (SSSR count). The number of halogens is 1. The Balaban J connectivity index is 2.24. The van der Waals surface area contributed by atoms with E-state index in [2.05, 4.69) is 15.3 Å². The molecule has 0 amide bonds. The van der Waals surface area contributed by atoms with Crippen LogP contribution >= 0.6 is 0 Å². The van der Waals surface area contributed by atoms with Crippen LogP contribution < -0.4 is 0 Å². The Morgan fingerprint density at radius 1 is 1.12 bits per heavy atom. The molecule has 2 aromatic rings. The zero-order chi connectivity index (χ0) is 11.5. The number of benzene rings is 1. The van der Waals surface area contributed by atoms with Gasteiger partial charge in [-0.25, -0.2) is 9.07 Å². The number of aryl methyl sites for hydroxylation is 2. The summed E-state index contributed by atoms with van der Waals surface area (Å²) < 4.78 is 14.3. The second kappa shape index (κ2) is 4.22. The van der Waals surface area contributed by atoms with Crippen molar-refractivity contribution in [1.29, 1.82) is 0 Å². The third-order valence-electron chi connectivity index (χ3n) is 2.14. The molecular weight excluding hydrogens is 207 g/mol. The van der Waals surface area contributed by atoms with E-state index in [1.807, 2.05) is 13.8 Å². The van der Waals surface area contributed by atoms with Gasteiger partial charge in [0.25, 0.3) is 0 Å². The van der Waals surface area contributed by atoms with E-state index in [0.29, 0.717) is 0 Å². The highest BCUT2D eigenvalue weighted by Gasteiger charge is 2.00. The van der Waals surface area contributed by atoms with Gasteiger partial charge in [-0.1, -0.05) is 12.1 Å². The summed E-state index contributed by atoms with van der Waals surface area (Å²) >= 11 is 0. The van der Waals surface area contributed by atoms with Crippen molar-refractivity contribution in [1.82, 2.24) is 14.9 Å². The van der Waals surface area contributed by atoms with Gasteiger partial charge in [0.15, 0.2) is 11.6 Å². The average molecular weight is 218 g/mol. The first-order chi connectivity index (χ1) is 7.66. The zero-order valence-electron chi connectivity index (χ0n) is 9.05. The minimum atomic E-state index is -0.256. The molecular formula is C11H11FN4. The Morgan fingerprint density at radius 3 is 2.25 bits per heavy atom. The highest BCUT2D eigenvalue weighted by Crippen LogP contribution is 2.02. The molecule has 82 valence electrons. The Hall–Kier alpha value is -2.04. The van der Waals surface area contributed by atoms with Crippen LogP contribution in [0.3, 0.4) is 0 Å². The monoisotopic (exact) mass is 218 g/mol. The molecule has 0 spiro atoms. The van der Waals surface area contributed by atoms with Gasteiger partial charge in [0.05, 0.1) is 6.21 Å². The summed E-state index contributed by atoms with van der Waals surface area (Å²) in [5.41, 5.74) is 0.828. The smallest absolute Gasteiger partial charge is 0.151 e. The standard InChI is InChI=1S/C11H11FN4/c1-8-14-15-9(2)16(8)13-7-10-3-5-11(12)6-4-10/h3-7H,1-2H3/b13-7-. The van der Waals surface area contributed by atoms with Gasteiger partial charge in [0, 0.05) is 0 Å². The first-order valence-electron chi connectivity index (χ1n) is 4.85. The van der Waals surface area contributed by atoms with E-state index in [4.69, 9.17) is 0 Å². The summed E-state index contributed by atoms with van der Waals surface area (Å²) in [6.07, 6.45) is 1.64. The quantitative estimate of drug-likeness (QED) is 0.723. The minimum Gasteiger partial charge on any atom is -0.207 e. The molecule has 0 fully saturated rings. The van der Waals surface area contributed by atoms with E-state index in [-0.39, 0.29) is 5.82 Å². The molecule has 0 radical (unpaired) electrons. The Labute approximate surface area is 92.4 Å². The molecule has 1 aromatic carbocycles. The maximum absolute atomic E-state index is 12.7. The highest BCUT2D eigenvalue weighted by atomic mass is 19.1. The largest absolute Gasteiger partial charge is 0.207 e. The molecule has 16 heavy (non-hydrogen) atoms. The molecule has 0 saturated carbocycles. The molecule has 0 aliphatic rings. The van der Waals surface area contributed by atoms with Crippen LogP contribution in [0.2, 0.25) is 0 Å². The van der Waals surface area contributed by atoms with Gasteiger partial charge in [-0.3, -0.25) is 0 Å². The Morgan fingerprint density at radius 2 is 1.69 bits per heavy atom. The maximum atomic E-state index is 12.7. The van der Waals surface area contributed by atoms with Crippen molar-refractivity contribution in [2.45, 2.75) is 13.8 Å². The Bertz CT molecular complexity index is 494. The number of hydrogen-bond donors (Lipinski definition) is 0. The molecule has 0 bridgehead atoms. The van der Waals surface area contributed by atoms with Gasteiger partial charge in [0.1, 0.15) is 5.82 Å².